The van der Waals surface area contributed by atoms with Crippen LogP contribution < -0.4 is 11.1 Å². The van der Waals surface area contributed by atoms with E-state index in [2.05, 4.69) is 10.5 Å². The van der Waals surface area contributed by atoms with Gasteiger partial charge in [-0.05, 0) is 0 Å². The fraction of sp³-hybridized carbons (Fsp3) is 0.857. The maximum Gasteiger partial charge on any atom is 0.151 e. The molecule has 7 heteroatoms. The summed E-state index contributed by atoms with van der Waals surface area (Å²) in [4.78, 5) is 0. The van der Waals surface area contributed by atoms with Crippen LogP contribution >= 0.6 is 0 Å². The Bertz CT molecular complexity index is 378. The van der Waals surface area contributed by atoms with Gasteiger partial charge in [-0.3, -0.25) is 0 Å². The zero-order valence-corrected chi connectivity index (χ0v) is 8.42. The van der Waals surface area contributed by atoms with Crippen LogP contribution in [0.2, 0.25) is 0 Å². The lowest BCUT2D eigenvalue weighted by Gasteiger charge is -2.24. The van der Waals surface area contributed by atoms with Crippen molar-refractivity contribution in [1.29, 1.82) is 0 Å². The summed E-state index contributed by atoms with van der Waals surface area (Å²) < 4.78 is 22.9. The second kappa shape index (κ2) is 2.83. The summed E-state index contributed by atoms with van der Waals surface area (Å²) in [6.45, 7) is 1.10. The molecular formula is C7H13N3O3S. The molecule has 6 nitrogen and oxygen atoms in total. The summed E-state index contributed by atoms with van der Waals surface area (Å²) in [6.07, 6.45) is 0. The molecule has 2 rings (SSSR count). The van der Waals surface area contributed by atoms with Crippen molar-refractivity contribution >= 4 is 15.7 Å². The zero-order chi connectivity index (χ0) is 10.4. The largest absolute Gasteiger partial charge is 0.409 e. The average Bonchev–Trinajstić information content (AvgIpc) is 2.56. The van der Waals surface area contributed by atoms with Crippen molar-refractivity contribution in [2.24, 2.45) is 22.2 Å². The topological polar surface area (TPSA) is 105 Å². The first kappa shape index (κ1) is 9.72. The molecule has 2 saturated heterocycles. The smallest absolute Gasteiger partial charge is 0.151 e. The van der Waals surface area contributed by atoms with Gasteiger partial charge in [-0.25, -0.2) is 8.42 Å². The van der Waals surface area contributed by atoms with Crippen molar-refractivity contribution < 1.29 is 13.6 Å². The molecule has 2 heterocycles. The molecule has 80 valence electrons. The Morgan fingerprint density at radius 2 is 2.36 bits per heavy atom. The van der Waals surface area contributed by atoms with Crippen LogP contribution in [0, 0.1) is 11.3 Å². The summed E-state index contributed by atoms with van der Waals surface area (Å²) in [7, 11) is -3.03. The van der Waals surface area contributed by atoms with E-state index in [9.17, 15) is 8.42 Å². The molecule has 2 fully saturated rings. The molecule has 4 N–H and O–H groups in total. The number of fused-ring (bicyclic) bond motifs is 1. The first-order valence-corrected chi connectivity index (χ1v) is 6.21. The second-order valence-electron chi connectivity index (χ2n) is 4.02. The third-order valence-corrected chi connectivity index (χ3v) is 5.03. The highest BCUT2D eigenvalue weighted by Crippen LogP contribution is 2.40. The number of hydrogen-bond acceptors (Lipinski definition) is 5. The Morgan fingerprint density at radius 3 is 3.00 bits per heavy atom. The highest BCUT2D eigenvalue weighted by atomic mass is 32.2. The van der Waals surface area contributed by atoms with Crippen molar-refractivity contribution in [3.05, 3.63) is 0 Å². The molecule has 0 bridgehead atoms. The van der Waals surface area contributed by atoms with Gasteiger partial charge in [0.15, 0.2) is 9.84 Å². The molecule has 0 aromatic heterocycles. The molecule has 0 aromatic rings. The summed E-state index contributed by atoms with van der Waals surface area (Å²) >= 11 is 0. The van der Waals surface area contributed by atoms with Crippen molar-refractivity contribution in [3.63, 3.8) is 0 Å². The van der Waals surface area contributed by atoms with Gasteiger partial charge in [0, 0.05) is 19.0 Å². The molecule has 0 amide bonds. The Kier molecular flexibility index (Phi) is 1.97. The van der Waals surface area contributed by atoms with Crippen LogP contribution in [-0.2, 0) is 9.84 Å². The van der Waals surface area contributed by atoms with E-state index < -0.39 is 15.3 Å². The standard InChI is InChI=1S/C7H13N3O3S/c8-6(10-11)7-3-9-1-5(7)2-14(12,13)4-7/h5,9,11H,1-4H2,(H2,8,10)/t5-,7+/m0/s1. The number of sulfone groups is 1. The summed E-state index contributed by atoms with van der Waals surface area (Å²) in [5.74, 6) is 0.112. The Hall–Kier alpha value is -0.820. The molecule has 0 saturated carbocycles. The third kappa shape index (κ3) is 1.19. The highest BCUT2D eigenvalue weighted by Gasteiger charge is 2.55. The van der Waals surface area contributed by atoms with Crippen molar-refractivity contribution in [1.82, 2.24) is 5.32 Å². The van der Waals surface area contributed by atoms with Gasteiger partial charge >= 0.3 is 0 Å². The molecule has 0 unspecified atom stereocenters. The number of hydrogen-bond donors (Lipinski definition) is 3. The van der Waals surface area contributed by atoms with E-state index in [4.69, 9.17) is 10.9 Å². The average molecular weight is 219 g/mol. The monoisotopic (exact) mass is 219 g/mol. The molecule has 0 aliphatic carbocycles. The van der Waals surface area contributed by atoms with Gasteiger partial charge in [0.1, 0.15) is 5.84 Å². The Labute approximate surface area is 82.1 Å². The number of amidine groups is 1. The molecule has 2 atom stereocenters. The zero-order valence-electron chi connectivity index (χ0n) is 7.60. The first-order valence-electron chi connectivity index (χ1n) is 4.39. The predicted molar refractivity (Wildman–Crippen MR) is 50.9 cm³/mol. The van der Waals surface area contributed by atoms with Crippen LogP contribution in [0.3, 0.4) is 0 Å². The van der Waals surface area contributed by atoms with Gasteiger partial charge in [-0.15, -0.1) is 0 Å². The van der Waals surface area contributed by atoms with Gasteiger partial charge in [-0.1, -0.05) is 5.16 Å². The Balaban J connectivity index is 2.42. The highest BCUT2D eigenvalue weighted by molar-refractivity contribution is 7.91. The van der Waals surface area contributed by atoms with Crippen LogP contribution in [0.4, 0.5) is 0 Å². The molecular weight excluding hydrogens is 206 g/mol. The van der Waals surface area contributed by atoms with Gasteiger partial charge in [0.05, 0.1) is 16.9 Å². The van der Waals surface area contributed by atoms with E-state index in [-0.39, 0.29) is 23.3 Å². The number of rotatable bonds is 1. The predicted octanol–water partition coefficient (Wildman–Crippen LogP) is -1.63. The Morgan fingerprint density at radius 1 is 1.64 bits per heavy atom. The van der Waals surface area contributed by atoms with E-state index >= 15 is 0 Å². The number of nitrogens with zero attached hydrogens (tertiary/aromatic N) is 1. The van der Waals surface area contributed by atoms with E-state index in [1.54, 1.807) is 0 Å². The molecule has 0 aromatic carbocycles. The lowest BCUT2D eigenvalue weighted by molar-refractivity contribution is 0.302. The molecule has 0 spiro atoms. The van der Waals surface area contributed by atoms with Crippen LogP contribution in [0.25, 0.3) is 0 Å². The summed E-state index contributed by atoms with van der Waals surface area (Å²) in [5, 5.41) is 14.7. The quantitative estimate of drug-likeness (QED) is 0.212. The molecule has 14 heavy (non-hydrogen) atoms. The van der Waals surface area contributed by atoms with E-state index in [1.807, 2.05) is 0 Å². The lowest BCUT2D eigenvalue weighted by Crippen LogP contribution is -2.44. The molecule has 0 radical (unpaired) electrons. The summed E-state index contributed by atoms with van der Waals surface area (Å²) in [6, 6.07) is 0. The fourth-order valence-corrected chi connectivity index (χ4v) is 4.87. The second-order valence-corrected chi connectivity index (χ2v) is 6.13. The maximum absolute atomic E-state index is 11.4. The van der Waals surface area contributed by atoms with Crippen LogP contribution in [0.5, 0.6) is 0 Å². The van der Waals surface area contributed by atoms with Crippen molar-refractivity contribution in [2.45, 2.75) is 0 Å². The summed E-state index contributed by atoms with van der Waals surface area (Å²) in [5.41, 5.74) is 4.90. The van der Waals surface area contributed by atoms with Crippen LogP contribution in [-0.4, -0.2) is 44.1 Å². The molecule has 2 aliphatic heterocycles. The molecule has 2 aliphatic rings. The minimum absolute atomic E-state index is 0.00639. The minimum atomic E-state index is -3.03. The van der Waals surface area contributed by atoms with E-state index in [0.717, 1.165) is 0 Å². The van der Waals surface area contributed by atoms with Gasteiger partial charge in [0.2, 0.25) is 0 Å². The number of nitrogens with one attached hydrogen (secondary N) is 1. The maximum atomic E-state index is 11.4. The minimum Gasteiger partial charge on any atom is -0.409 e. The van der Waals surface area contributed by atoms with Crippen LogP contribution in [0.1, 0.15) is 0 Å². The first-order chi connectivity index (χ1) is 6.50. The van der Waals surface area contributed by atoms with Crippen molar-refractivity contribution in [2.75, 3.05) is 24.6 Å². The van der Waals surface area contributed by atoms with Gasteiger partial charge in [0.25, 0.3) is 0 Å². The van der Waals surface area contributed by atoms with Crippen LogP contribution in [0.15, 0.2) is 5.16 Å². The number of nitrogens with two attached hydrogens (primary N) is 1. The third-order valence-electron chi connectivity index (χ3n) is 3.16. The van der Waals surface area contributed by atoms with Gasteiger partial charge < -0.3 is 16.3 Å². The lowest BCUT2D eigenvalue weighted by atomic mass is 9.80. The number of oxime groups is 1. The van der Waals surface area contributed by atoms with E-state index in [1.165, 1.54) is 0 Å². The van der Waals surface area contributed by atoms with E-state index in [0.29, 0.717) is 13.1 Å². The van der Waals surface area contributed by atoms with Gasteiger partial charge in [-0.2, -0.15) is 0 Å². The normalized spacial score (nSPS) is 41.1. The fourth-order valence-electron chi connectivity index (χ4n) is 2.43. The SMILES string of the molecule is N/C(=N\O)[C@@]12CNC[C@H]1CS(=O)(=O)C2. The van der Waals surface area contributed by atoms with Crippen molar-refractivity contribution in [3.8, 4) is 0 Å².